The predicted molar refractivity (Wildman–Crippen MR) is 75.2 cm³/mol. The lowest BCUT2D eigenvalue weighted by molar-refractivity contribution is 0.0993. The molecule has 0 aliphatic heterocycles. The first-order chi connectivity index (χ1) is 9.18. The minimum Gasteiger partial charge on any atom is -0.505 e. The van der Waals surface area contributed by atoms with Gasteiger partial charge in [-0.15, -0.1) is 11.3 Å². The monoisotopic (exact) mass is 270 g/mol. The first kappa shape index (κ1) is 11.7. The zero-order valence-electron chi connectivity index (χ0n) is 9.83. The molecule has 0 fully saturated rings. The van der Waals surface area contributed by atoms with Crippen molar-refractivity contribution in [3.8, 4) is 17.0 Å². The molecule has 0 spiro atoms. The van der Waals surface area contributed by atoms with Crippen molar-refractivity contribution in [1.29, 1.82) is 0 Å². The Hall–Kier alpha value is -2.40. The number of hydrogen-bond donors (Lipinski definition) is 2. The first-order valence-electron chi connectivity index (χ1n) is 5.64. The summed E-state index contributed by atoms with van der Waals surface area (Å²) in [4.78, 5) is 15.6. The van der Waals surface area contributed by atoms with Crippen LogP contribution in [0.5, 0.6) is 5.75 Å². The van der Waals surface area contributed by atoms with Crippen LogP contribution >= 0.6 is 11.3 Å². The highest BCUT2D eigenvalue weighted by Gasteiger charge is 2.18. The van der Waals surface area contributed by atoms with Crippen LogP contribution in [-0.4, -0.2) is 16.0 Å². The topological polar surface area (TPSA) is 76.2 Å². The van der Waals surface area contributed by atoms with Gasteiger partial charge in [0, 0.05) is 10.9 Å². The Balaban J connectivity index is 2.39. The van der Waals surface area contributed by atoms with E-state index in [4.69, 9.17) is 5.73 Å². The Labute approximate surface area is 113 Å². The maximum Gasteiger partial charge on any atom is 0.271 e. The Morgan fingerprint density at radius 3 is 2.63 bits per heavy atom. The number of rotatable bonds is 2. The number of nitrogens with zero attached hydrogens (tertiary/aromatic N) is 1. The molecule has 94 valence electrons. The average Bonchev–Trinajstić information content (AvgIpc) is 2.89. The molecule has 1 aromatic carbocycles. The van der Waals surface area contributed by atoms with Gasteiger partial charge in [-0.1, -0.05) is 30.3 Å². The molecular weight excluding hydrogens is 260 g/mol. The van der Waals surface area contributed by atoms with Crippen molar-refractivity contribution >= 4 is 27.3 Å². The van der Waals surface area contributed by atoms with E-state index in [2.05, 4.69) is 4.98 Å². The van der Waals surface area contributed by atoms with Crippen molar-refractivity contribution in [3.05, 3.63) is 47.5 Å². The van der Waals surface area contributed by atoms with Gasteiger partial charge in [-0.25, -0.2) is 4.98 Å². The zero-order chi connectivity index (χ0) is 13.4. The fourth-order valence-electron chi connectivity index (χ4n) is 1.99. The molecule has 0 atom stereocenters. The maximum absolute atomic E-state index is 11.4. The van der Waals surface area contributed by atoms with Crippen molar-refractivity contribution in [1.82, 2.24) is 4.98 Å². The third-order valence-electron chi connectivity index (χ3n) is 2.86. The van der Waals surface area contributed by atoms with Crippen molar-refractivity contribution in [3.63, 3.8) is 0 Å². The van der Waals surface area contributed by atoms with E-state index in [9.17, 15) is 9.90 Å². The van der Waals surface area contributed by atoms with Gasteiger partial charge in [0.05, 0.1) is 10.4 Å². The number of aromatic hydroxyl groups is 1. The van der Waals surface area contributed by atoms with Gasteiger partial charge in [0.25, 0.3) is 5.91 Å². The first-order valence-corrected chi connectivity index (χ1v) is 6.52. The molecule has 0 saturated carbocycles. The number of aromatic nitrogens is 1. The summed E-state index contributed by atoms with van der Waals surface area (Å²) in [5, 5.41) is 12.5. The van der Waals surface area contributed by atoms with E-state index in [1.807, 2.05) is 35.7 Å². The van der Waals surface area contributed by atoms with E-state index < -0.39 is 5.91 Å². The zero-order valence-corrected chi connectivity index (χ0v) is 10.6. The summed E-state index contributed by atoms with van der Waals surface area (Å²) in [6.45, 7) is 0. The second kappa shape index (κ2) is 4.37. The van der Waals surface area contributed by atoms with Gasteiger partial charge in [-0.2, -0.15) is 0 Å². The lowest BCUT2D eigenvalue weighted by Crippen LogP contribution is -2.13. The molecule has 3 N–H and O–H groups in total. The highest BCUT2D eigenvalue weighted by atomic mass is 32.1. The quantitative estimate of drug-likeness (QED) is 0.751. The predicted octanol–water partition coefficient (Wildman–Crippen LogP) is 2.77. The number of amides is 1. The van der Waals surface area contributed by atoms with Crippen molar-refractivity contribution in [2.45, 2.75) is 0 Å². The van der Waals surface area contributed by atoms with Crippen LogP contribution in [0.2, 0.25) is 0 Å². The van der Waals surface area contributed by atoms with Gasteiger partial charge >= 0.3 is 0 Å². The molecule has 1 amide bonds. The van der Waals surface area contributed by atoms with E-state index in [0.717, 1.165) is 10.3 Å². The standard InChI is InChI=1S/C14H10N2O2S/c15-14(18)11-12(17)9-6-7-19-13(9)10(16-11)8-4-2-1-3-5-8/h1-7,17H,(H2,15,18). The maximum atomic E-state index is 11.4. The summed E-state index contributed by atoms with van der Waals surface area (Å²) >= 11 is 1.47. The van der Waals surface area contributed by atoms with E-state index in [1.54, 1.807) is 6.07 Å². The smallest absolute Gasteiger partial charge is 0.271 e. The van der Waals surface area contributed by atoms with Crippen molar-refractivity contribution in [2.75, 3.05) is 0 Å². The number of pyridine rings is 1. The summed E-state index contributed by atoms with van der Waals surface area (Å²) in [6.07, 6.45) is 0. The van der Waals surface area contributed by atoms with Gasteiger partial charge in [-0.05, 0) is 11.4 Å². The van der Waals surface area contributed by atoms with Gasteiger partial charge in [0.15, 0.2) is 11.4 Å². The van der Waals surface area contributed by atoms with E-state index >= 15 is 0 Å². The van der Waals surface area contributed by atoms with Crippen molar-refractivity contribution in [2.24, 2.45) is 5.73 Å². The number of thiophene rings is 1. The Kier molecular flexibility index (Phi) is 2.68. The Morgan fingerprint density at radius 1 is 1.21 bits per heavy atom. The second-order valence-electron chi connectivity index (χ2n) is 4.05. The number of fused-ring (bicyclic) bond motifs is 1. The second-order valence-corrected chi connectivity index (χ2v) is 4.97. The fraction of sp³-hybridized carbons (Fsp3) is 0. The van der Waals surface area contributed by atoms with Crippen LogP contribution in [0.4, 0.5) is 0 Å². The number of carbonyl (C=O) groups excluding carboxylic acids is 1. The minimum absolute atomic E-state index is 0.0928. The summed E-state index contributed by atoms with van der Waals surface area (Å²) in [5.41, 5.74) is 6.72. The number of carbonyl (C=O) groups is 1. The SMILES string of the molecule is NC(=O)c1nc(-c2ccccc2)c2sccc2c1O. The molecule has 2 aromatic heterocycles. The van der Waals surface area contributed by atoms with Crippen LogP contribution in [0.3, 0.4) is 0 Å². The molecule has 0 aliphatic carbocycles. The molecule has 19 heavy (non-hydrogen) atoms. The molecular formula is C14H10N2O2S. The highest BCUT2D eigenvalue weighted by molar-refractivity contribution is 7.17. The number of hydrogen-bond acceptors (Lipinski definition) is 4. The van der Waals surface area contributed by atoms with Crippen LogP contribution < -0.4 is 5.73 Å². The van der Waals surface area contributed by atoms with E-state index in [-0.39, 0.29) is 11.4 Å². The van der Waals surface area contributed by atoms with Gasteiger partial charge in [-0.3, -0.25) is 4.79 Å². The fourth-order valence-corrected chi connectivity index (χ4v) is 2.89. The minimum atomic E-state index is -0.734. The van der Waals surface area contributed by atoms with Crippen LogP contribution in [0.25, 0.3) is 21.3 Å². The molecule has 0 unspecified atom stereocenters. The molecule has 3 aromatic rings. The van der Waals surface area contributed by atoms with Gasteiger partial charge in [0.1, 0.15) is 0 Å². The summed E-state index contributed by atoms with van der Waals surface area (Å²) < 4.78 is 0.841. The van der Waals surface area contributed by atoms with Crippen LogP contribution in [0.15, 0.2) is 41.8 Å². The van der Waals surface area contributed by atoms with Crippen molar-refractivity contribution < 1.29 is 9.90 Å². The molecule has 0 saturated heterocycles. The summed E-state index contributed by atoms with van der Waals surface area (Å²) in [7, 11) is 0. The number of nitrogens with two attached hydrogens (primary N) is 1. The molecule has 0 radical (unpaired) electrons. The van der Waals surface area contributed by atoms with Crippen LogP contribution in [-0.2, 0) is 0 Å². The average molecular weight is 270 g/mol. The van der Waals surface area contributed by atoms with Gasteiger partial charge in [0.2, 0.25) is 0 Å². The van der Waals surface area contributed by atoms with Gasteiger partial charge < -0.3 is 10.8 Å². The Morgan fingerprint density at radius 2 is 1.95 bits per heavy atom. The van der Waals surface area contributed by atoms with Crippen LogP contribution in [0.1, 0.15) is 10.5 Å². The van der Waals surface area contributed by atoms with E-state index in [1.165, 1.54) is 11.3 Å². The summed E-state index contributed by atoms with van der Waals surface area (Å²) in [6, 6.07) is 11.3. The molecule has 0 bridgehead atoms. The van der Waals surface area contributed by atoms with Crippen LogP contribution in [0, 0.1) is 0 Å². The van der Waals surface area contributed by atoms with E-state index in [0.29, 0.717) is 11.1 Å². The highest BCUT2D eigenvalue weighted by Crippen LogP contribution is 2.37. The Bertz CT molecular complexity index is 766. The number of primary amides is 1. The largest absolute Gasteiger partial charge is 0.505 e. The lowest BCUT2D eigenvalue weighted by atomic mass is 10.1. The third kappa shape index (κ3) is 1.84. The molecule has 3 rings (SSSR count). The molecule has 2 heterocycles. The molecule has 5 heteroatoms. The normalized spacial score (nSPS) is 10.7. The summed E-state index contributed by atoms with van der Waals surface area (Å²) in [5.74, 6) is -0.883. The lowest BCUT2D eigenvalue weighted by Gasteiger charge is -2.07. The molecule has 0 aliphatic rings. The third-order valence-corrected chi connectivity index (χ3v) is 3.79. The molecule has 4 nitrogen and oxygen atoms in total. The number of benzene rings is 1.